The number of thiophene rings is 1. The van der Waals surface area contributed by atoms with E-state index in [2.05, 4.69) is 16.2 Å². The number of amides is 1. The number of hydrogen-bond acceptors (Lipinski definition) is 6. The fraction of sp³-hybridized carbons (Fsp3) is 0.125. The van der Waals surface area contributed by atoms with Crippen LogP contribution in [0.15, 0.2) is 71.2 Å². The van der Waals surface area contributed by atoms with E-state index in [1.165, 1.54) is 22.4 Å². The second kappa shape index (κ2) is 9.68. The molecule has 31 heavy (non-hydrogen) atoms. The third kappa shape index (κ3) is 5.25. The largest absolute Gasteiger partial charge is 0.494 e. The summed E-state index contributed by atoms with van der Waals surface area (Å²) in [7, 11) is 0. The van der Waals surface area contributed by atoms with Crippen LogP contribution >= 0.6 is 22.7 Å². The maximum absolute atomic E-state index is 13.0. The third-order valence-electron chi connectivity index (χ3n) is 4.37. The number of benzene rings is 2. The number of thiazole rings is 1. The highest BCUT2D eigenvalue weighted by molar-refractivity contribution is 7.22. The fourth-order valence-corrected chi connectivity index (χ4v) is 4.51. The number of carbonyl (C=O) groups excluding carboxylic acids is 1. The molecule has 5 nitrogen and oxygen atoms in total. The van der Waals surface area contributed by atoms with E-state index in [9.17, 15) is 4.79 Å². The summed E-state index contributed by atoms with van der Waals surface area (Å²) >= 11 is 3.02. The van der Waals surface area contributed by atoms with Crippen molar-refractivity contribution in [3.8, 4) is 5.75 Å². The van der Waals surface area contributed by atoms with Crippen LogP contribution in [0.2, 0.25) is 0 Å². The van der Waals surface area contributed by atoms with Crippen LogP contribution in [0.5, 0.6) is 5.75 Å². The highest BCUT2D eigenvalue weighted by atomic mass is 32.1. The molecule has 0 aliphatic carbocycles. The lowest BCUT2D eigenvalue weighted by molar-refractivity contribution is -0.114. The van der Waals surface area contributed by atoms with E-state index in [0.717, 1.165) is 32.0 Å². The number of rotatable bonds is 7. The summed E-state index contributed by atoms with van der Waals surface area (Å²) in [4.78, 5) is 18.7. The molecule has 0 atom stereocenters. The number of anilines is 1. The monoisotopic (exact) mass is 447 g/mol. The van der Waals surface area contributed by atoms with Crippen molar-refractivity contribution in [3.63, 3.8) is 0 Å². The Labute approximate surface area is 188 Å². The van der Waals surface area contributed by atoms with Gasteiger partial charge in [-0.05, 0) is 78.9 Å². The van der Waals surface area contributed by atoms with Crippen LogP contribution in [0.3, 0.4) is 0 Å². The van der Waals surface area contributed by atoms with Crippen molar-refractivity contribution in [2.45, 2.75) is 13.8 Å². The summed E-state index contributed by atoms with van der Waals surface area (Å²) in [5.41, 5.74) is 2.86. The van der Waals surface area contributed by atoms with Gasteiger partial charge in [-0.15, -0.1) is 11.3 Å². The maximum atomic E-state index is 13.0. The van der Waals surface area contributed by atoms with Crippen molar-refractivity contribution in [2.75, 3.05) is 11.6 Å². The van der Waals surface area contributed by atoms with Crippen LogP contribution < -0.4 is 9.75 Å². The number of aryl methyl sites for hydroxylation is 1. The summed E-state index contributed by atoms with van der Waals surface area (Å²) in [6, 6.07) is 17.5. The molecule has 4 rings (SSSR count). The average Bonchev–Trinajstić information content (AvgIpc) is 3.43. The molecule has 0 saturated heterocycles. The second-order valence-electron chi connectivity index (χ2n) is 6.71. The first-order chi connectivity index (χ1) is 15.1. The number of carbonyl (C=O) groups is 1. The smallest absolute Gasteiger partial charge is 0.273 e. The molecule has 0 aliphatic heterocycles. The van der Waals surface area contributed by atoms with Gasteiger partial charge in [0.1, 0.15) is 5.75 Å². The lowest BCUT2D eigenvalue weighted by Crippen LogP contribution is -2.23. The van der Waals surface area contributed by atoms with Crippen molar-refractivity contribution in [1.29, 1.82) is 0 Å². The van der Waals surface area contributed by atoms with E-state index in [1.807, 2.05) is 67.8 Å². The van der Waals surface area contributed by atoms with Gasteiger partial charge >= 0.3 is 0 Å². The number of nitrogens with zero attached hydrogens (tertiary/aromatic N) is 3. The zero-order chi connectivity index (χ0) is 21.6. The molecule has 0 bridgehead atoms. The van der Waals surface area contributed by atoms with E-state index in [1.54, 1.807) is 23.6 Å². The van der Waals surface area contributed by atoms with Gasteiger partial charge in [-0.3, -0.25) is 4.79 Å². The molecule has 0 saturated carbocycles. The Morgan fingerprint density at radius 2 is 2.03 bits per heavy atom. The highest BCUT2D eigenvalue weighted by Gasteiger charge is 2.17. The van der Waals surface area contributed by atoms with Crippen LogP contribution in [0, 0.1) is 6.92 Å². The SMILES string of the molecule is CCOc1ccc(/C=N/N(C(=O)/C=C/c2cccs2)c2nc3ccc(C)cc3s2)cc1. The molecule has 7 heteroatoms. The molecule has 0 radical (unpaired) electrons. The van der Waals surface area contributed by atoms with Gasteiger partial charge in [-0.2, -0.15) is 10.1 Å². The molecule has 2 aromatic heterocycles. The lowest BCUT2D eigenvalue weighted by Gasteiger charge is -2.11. The maximum Gasteiger partial charge on any atom is 0.273 e. The predicted octanol–water partition coefficient (Wildman–Crippen LogP) is 6.15. The van der Waals surface area contributed by atoms with Gasteiger partial charge in [0, 0.05) is 11.0 Å². The molecule has 2 aromatic carbocycles. The van der Waals surface area contributed by atoms with Gasteiger partial charge < -0.3 is 4.74 Å². The minimum atomic E-state index is -0.258. The van der Waals surface area contributed by atoms with E-state index >= 15 is 0 Å². The summed E-state index contributed by atoms with van der Waals surface area (Å²) in [5, 5.41) is 8.33. The van der Waals surface area contributed by atoms with E-state index < -0.39 is 0 Å². The van der Waals surface area contributed by atoms with E-state index in [0.29, 0.717) is 11.7 Å². The first kappa shape index (κ1) is 21.0. The Morgan fingerprint density at radius 3 is 2.77 bits per heavy atom. The van der Waals surface area contributed by atoms with E-state index in [4.69, 9.17) is 4.74 Å². The molecule has 0 aliphatic rings. The molecule has 0 spiro atoms. The minimum absolute atomic E-state index is 0.258. The van der Waals surface area contributed by atoms with Crippen LogP contribution in [0.4, 0.5) is 5.13 Å². The highest BCUT2D eigenvalue weighted by Crippen LogP contribution is 2.30. The van der Waals surface area contributed by atoms with Crippen molar-refractivity contribution in [2.24, 2.45) is 5.10 Å². The normalized spacial score (nSPS) is 11.5. The Hall–Kier alpha value is -3.29. The van der Waals surface area contributed by atoms with E-state index in [-0.39, 0.29) is 5.91 Å². The van der Waals surface area contributed by atoms with Crippen LogP contribution in [-0.4, -0.2) is 23.7 Å². The minimum Gasteiger partial charge on any atom is -0.494 e. The molecular formula is C24H21N3O2S2. The van der Waals surface area contributed by atoms with Gasteiger partial charge in [-0.1, -0.05) is 23.5 Å². The molecule has 0 unspecified atom stereocenters. The number of hydrazone groups is 1. The number of fused-ring (bicyclic) bond motifs is 1. The molecule has 1 amide bonds. The summed E-state index contributed by atoms with van der Waals surface area (Å²) in [6.45, 7) is 4.60. The second-order valence-corrected chi connectivity index (χ2v) is 8.70. The van der Waals surface area contributed by atoms with Crippen molar-refractivity contribution >= 4 is 56.2 Å². The summed E-state index contributed by atoms with van der Waals surface area (Å²) in [6.07, 6.45) is 4.98. The predicted molar refractivity (Wildman–Crippen MR) is 130 cm³/mol. The third-order valence-corrected chi connectivity index (χ3v) is 6.20. The number of aromatic nitrogens is 1. The fourth-order valence-electron chi connectivity index (χ4n) is 2.86. The Bertz CT molecular complexity index is 1230. The Morgan fingerprint density at radius 1 is 1.19 bits per heavy atom. The first-order valence-corrected chi connectivity index (χ1v) is 11.5. The number of ether oxygens (including phenoxy) is 1. The summed E-state index contributed by atoms with van der Waals surface area (Å²) in [5.74, 6) is 0.541. The number of hydrogen-bond donors (Lipinski definition) is 0. The van der Waals surface area contributed by atoms with Crippen LogP contribution in [0.1, 0.15) is 22.9 Å². The van der Waals surface area contributed by atoms with Crippen molar-refractivity contribution < 1.29 is 9.53 Å². The van der Waals surface area contributed by atoms with Gasteiger partial charge in [0.05, 0.1) is 23.0 Å². The van der Waals surface area contributed by atoms with Crippen LogP contribution in [-0.2, 0) is 4.79 Å². The van der Waals surface area contributed by atoms with Crippen molar-refractivity contribution in [1.82, 2.24) is 4.98 Å². The van der Waals surface area contributed by atoms with Gasteiger partial charge in [0.15, 0.2) is 0 Å². The molecule has 0 fully saturated rings. The van der Waals surface area contributed by atoms with Gasteiger partial charge in [-0.25, -0.2) is 4.98 Å². The molecule has 2 heterocycles. The zero-order valence-electron chi connectivity index (χ0n) is 17.2. The van der Waals surface area contributed by atoms with Gasteiger partial charge in [0.25, 0.3) is 5.91 Å². The standard InChI is InChI=1S/C24H21N3O2S2/c1-3-29-19-9-7-18(8-10-19)16-25-27(23(28)13-11-20-5-4-14-30-20)24-26-21-12-6-17(2)15-22(21)31-24/h4-16H,3H2,1-2H3/b13-11+,25-16+. The topological polar surface area (TPSA) is 54.8 Å². The Balaban J connectivity index is 1.64. The molecule has 156 valence electrons. The van der Waals surface area contributed by atoms with Crippen LogP contribution in [0.25, 0.3) is 16.3 Å². The summed E-state index contributed by atoms with van der Waals surface area (Å²) < 4.78 is 6.50. The average molecular weight is 448 g/mol. The van der Waals surface area contributed by atoms with Crippen molar-refractivity contribution in [3.05, 3.63) is 82.1 Å². The molecule has 4 aromatic rings. The molecule has 0 N–H and O–H groups in total. The quantitative estimate of drug-likeness (QED) is 0.194. The zero-order valence-corrected chi connectivity index (χ0v) is 18.8. The lowest BCUT2D eigenvalue weighted by atomic mass is 10.2. The molecular weight excluding hydrogens is 426 g/mol. The first-order valence-electron chi connectivity index (χ1n) is 9.82. The van der Waals surface area contributed by atoms with Gasteiger partial charge in [0.2, 0.25) is 5.13 Å². The Kier molecular flexibility index (Phi) is 6.54.